The van der Waals surface area contributed by atoms with Gasteiger partial charge in [0, 0.05) is 38.0 Å². The number of carbonyl (C=O) groups excluding carboxylic acids is 3. The molecule has 0 aliphatic heterocycles. The normalized spacial score (nSPS) is 11.9. The van der Waals surface area contributed by atoms with E-state index >= 15 is 0 Å². The lowest BCUT2D eigenvalue weighted by Crippen LogP contribution is -2.39. The van der Waals surface area contributed by atoms with Gasteiger partial charge < -0.3 is 15.4 Å². The fourth-order valence-electron chi connectivity index (χ4n) is 2.18. The van der Waals surface area contributed by atoms with Crippen molar-refractivity contribution in [3.8, 4) is 0 Å². The van der Waals surface area contributed by atoms with E-state index in [1.165, 1.54) is 6.92 Å². The summed E-state index contributed by atoms with van der Waals surface area (Å²) in [5.74, 6) is 0.0675. The van der Waals surface area contributed by atoms with E-state index in [1.54, 1.807) is 0 Å². The van der Waals surface area contributed by atoms with Gasteiger partial charge in [-0.05, 0) is 40.0 Å². The van der Waals surface area contributed by atoms with Crippen LogP contribution in [0.15, 0.2) is 0 Å². The average molecular weight is 357 g/mol. The highest BCUT2D eigenvalue weighted by molar-refractivity contribution is 5.82. The summed E-state index contributed by atoms with van der Waals surface area (Å²) in [6, 6.07) is 0. The van der Waals surface area contributed by atoms with Gasteiger partial charge in [-0.15, -0.1) is 0 Å². The molecule has 0 radical (unpaired) electrons. The third kappa shape index (κ3) is 11.7. The van der Waals surface area contributed by atoms with Crippen molar-refractivity contribution in [3.05, 3.63) is 0 Å². The molecule has 25 heavy (non-hydrogen) atoms. The topological polar surface area (TPSA) is 84.5 Å². The van der Waals surface area contributed by atoms with Gasteiger partial charge in [0.25, 0.3) is 0 Å². The smallest absolute Gasteiger partial charge is 0.225 e. The number of ether oxygens (including phenoxy) is 1. The maximum absolute atomic E-state index is 12.2. The Hall–Kier alpha value is -1.43. The van der Waals surface area contributed by atoms with Gasteiger partial charge in [-0.25, -0.2) is 0 Å². The van der Waals surface area contributed by atoms with Crippen LogP contribution >= 0.6 is 0 Å². The van der Waals surface area contributed by atoms with Crippen LogP contribution in [0.3, 0.4) is 0 Å². The van der Waals surface area contributed by atoms with Crippen molar-refractivity contribution in [1.29, 1.82) is 0 Å². The number of carbonyl (C=O) groups is 3. The Bertz CT molecular complexity index is 445. The molecule has 0 aromatic carbocycles. The average Bonchev–Trinajstić information content (AvgIpc) is 2.46. The lowest BCUT2D eigenvalue weighted by atomic mass is 9.88. The van der Waals surface area contributed by atoms with Crippen LogP contribution in [0.1, 0.15) is 73.6 Å². The predicted octanol–water partition coefficient (Wildman–Crippen LogP) is 2.60. The monoisotopic (exact) mass is 356 g/mol. The fourth-order valence-corrected chi connectivity index (χ4v) is 2.18. The van der Waals surface area contributed by atoms with Crippen LogP contribution in [-0.2, 0) is 19.1 Å². The quantitative estimate of drug-likeness (QED) is 0.531. The maximum atomic E-state index is 12.2. The number of hydrogen-bond acceptors (Lipinski definition) is 4. The summed E-state index contributed by atoms with van der Waals surface area (Å²) in [4.78, 5) is 34.6. The zero-order valence-electron chi connectivity index (χ0n) is 16.8. The molecule has 6 nitrogen and oxygen atoms in total. The van der Waals surface area contributed by atoms with Crippen LogP contribution in [0.25, 0.3) is 0 Å². The zero-order valence-corrected chi connectivity index (χ0v) is 16.8. The molecular formula is C19H36N2O4. The van der Waals surface area contributed by atoms with Crippen LogP contribution in [-0.4, -0.2) is 42.9 Å². The van der Waals surface area contributed by atoms with E-state index in [1.807, 2.05) is 34.6 Å². The summed E-state index contributed by atoms with van der Waals surface area (Å²) in [6.45, 7) is 12.6. The van der Waals surface area contributed by atoms with Crippen LogP contribution in [0, 0.1) is 5.41 Å². The number of hydrogen-bond donors (Lipinski definition) is 2. The van der Waals surface area contributed by atoms with Gasteiger partial charge in [0.2, 0.25) is 11.8 Å². The molecule has 0 saturated heterocycles. The fraction of sp³-hybridized carbons (Fsp3) is 0.842. The molecule has 2 N–H and O–H groups in total. The molecule has 0 unspecified atom stereocenters. The molecule has 2 amide bonds. The van der Waals surface area contributed by atoms with Crippen molar-refractivity contribution in [1.82, 2.24) is 10.6 Å². The van der Waals surface area contributed by atoms with E-state index in [4.69, 9.17) is 4.74 Å². The van der Waals surface area contributed by atoms with Gasteiger partial charge in [-0.1, -0.05) is 20.8 Å². The predicted molar refractivity (Wildman–Crippen MR) is 99.3 cm³/mol. The van der Waals surface area contributed by atoms with E-state index in [0.717, 1.165) is 6.42 Å². The Morgan fingerprint density at radius 3 is 2.12 bits per heavy atom. The summed E-state index contributed by atoms with van der Waals surface area (Å²) < 4.78 is 5.91. The molecule has 0 bridgehead atoms. The molecule has 0 heterocycles. The highest BCUT2D eigenvalue weighted by Gasteiger charge is 2.28. The summed E-state index contributed by atoms with van der Waals surface area (Å²) in [7, 11) is 0. The Morgan fingerprint density at radius 1 is 0.920 bits per heavy atom. The molecule has 0 aromatic heterocycles. The number of Topliss-reactive ketones (excluding diaryl/α,β-unsaturated/α-hetero) is 1. The van der Waals surface area contributed by atoms with Gasteiger partial charge in [0.1, 0.15) is 5.78 Å². The first-order valence-electron chi connectivity index (χ1n) is 9.18. The van der Waals surface area contributed by atoms with Crippen molar-refractivity contribution in [2.75, 3.05) is 19.7 Å². The third-order valence-corrected chi connectivity index (χ3v) is 4.12. The lowest BCUT2D eigenvalue weighted by molar-refractivity contribution is -0.131. The summed E-state index contributed by atoms with van der Waals surface area (Å²) >= 11 is 0. The van der Waals surface area contributed by atoms with Gasteiger partial charge in [-0.3, -0.25) is 14.4 Å². The molecule has 6 heteroatoms. The SMILES string of the molecule is CCCC(=O)NCCC(C)(C)OCCC(C)(C)C(=O)NCCC(C)=O. The second-order valence-electron chi connectivity index (χ2n) is 7.80. The minimum atomic E-state index is -0.553. The molecule has 0 rings (SSSR count). The van der Waals surface area contributed by atoms with E-state index < -0.39 is 5.41 Å². The molecule has 0 aliphatic carbocycles. The minimum Gasteiger partial charge on any atom is -0.375 e. The van der Waals surface area contributed by atoms with E-state index in [2.05, 4.69) is 10.6 Å². The molecule has 0 aromatic rings. The van der Waals surface area contributed by atoms with E-state index in [0.29, 0.717) is 45.4 Å². The highest BCUT2D eigenvalue weighted by atomic mass is 16.5. The van der Waals surface area contributed by atoms with Crippen LogP contribution < -0.4 is 10.6 Å². The van der Waals surface area contributed by atoms with E-state index in [9.17, 15) is 14.4 Å². The molecule has 0 aliphatic rings. The summed E-state index contributed by atoms with van der Waals surface area (Å²) in [5.41, 5.74) is -0.914. The second kappa shape index (κ2) is 11.2. The highest BCUT2D eigenvalue weighted by Crippen LogP contribution is 2.23. The zero-order chi connectivity index (χ0) is 19.5. The van der Waals surface area contributed by atoms with Gasteiger partial charge >= 0.3 is 0 Å². The third-order valence-electron chi connectivity index (χ3n) is 4.12. The van der Waals surface area contributed by atoms with Crippen LogP contribution in [0.2, 0.25) is 0 Å². The standard InChI is InChI=1S/C19H36N2O4/c1-7-8-16(23)20-13-10-19(5,6)25-14-11-18(3,4)17(24)21-12-9-15(2)22/h7-14H2,1-6H3,(H,20,23)(H,21,24). The Kier molecular flexibility index (Phi) is 10.6. The van der Waals surface area contributed by atoms with Crippen LogP contribution in [0.4, 0.5) is 0 Å². The number of rotatable bonds is 13. The van der Waals surface area contributed by atoms with Gasteiger partial charge in [0.05, 0.1) is 5.60 Å². The number of ketones is 1. The Labute approximate surface area is 152 Å². The molecule has 0 saturated carbocycles. The Balaban J connectivity index is 4.13. The molecule has 0 atom stereocenters. The van der Waals surface area contributed by atoms with Gasteiger partial charge in [0.15, 0.2) is 0 Å². The molecule has 0 fully saturated rings. The maximum Gasteiger partial charge on any atom is 0.225 e. The largest absolute Gasteiger partial charge is 0.375 e. The van der Waals surface area contributed by atoms with Crippen molar-refractivity contribution >= 4 is 17.6 Å². The molecule has 0 spiro atoms. The second-order valence-corrected chi connectivity index (χ2v) is 7.80. The first-order chi connectivity index (χ1) is 11.5. The number of nitrogens with one attached hydrogen (secondary N) is 2. The Morgan fingerprint density at radius 2 is 1.56 bits per heavy atom. The molecular weight excluding hydrogens is 320 g/mol. The molecule has 146 valence electrons. The number of amides is 2. The minimum absolute atomic E-state index is 0.0641. The summed E-state index contributed by atoms with van der Waals surface area (Å²) in [5, 5.41) is 5.68. The first-order valence-corrected chi connectivity index (χ1v) is 9.18. The lowest BCUT2D eigenvalue weighted by Gasteiger charge is -2.29. The summed E-state index contributed by atoms with van der Waals surface area (Å²) in [6.07, 6.45) is 3.05. The van der Waals surface area contributed by atoms with Gasteiger partial charge in [-0.2, -0.15) is 0 Å². The van der Waals surface area contributed by atoms with Crippen molar-refractivity contribution in [2.24, 2.45) is 5.41 Å². The van der Waals surface area contributed by atoms with Crippen molar-refractivity contribution in [3.63, 3.8) is 0 Å². The van der Waals surface area contributed by atoms with Crippen molar-refractivity contribution in [2.45, 2.75) is 79.2 Å². The van der Waals surface area contributed by atoms with Crippen molar-refractivity contribution < 1.29 is 19.1 Å². The van der Waals surface area contributed by atoms with Crippen LogP contribution in [0.5, 0.6) is 0 Å². The van der Waals surface area contributed by atoms with E-state index in [-0.39, 0.29) is 23.2 Å². The first kappa shape index (κ1) is 23.6.